The molecule has 2 heterocycles. The fourth-order valence-corrected chi connectivity index (χ4v) is 6.60. The van der Waals surface area contributed by atoms with Gasteiger partial charge in [-0.1, -0.05) is 19.8 Å². The third-order valence-electron chi connectivity index (χ3n) is 6.02. The van der Waals surface area contributed by atoms with Crippen LogP contribution >= 0.6 is 0 Å². The number of hydrogen-bond donors (Lipinski definition) is 0. The van der Waals surface area contributed by atoms with Crippen molar-refractivity contribution in [3.8, 4) is 0 Å². The van der Waals surface area contributed by atoms with Crippen LogP contribution in [0.5, 0.6) is 0 Å². The van der Waals surface area contributed by atoms with E-state index in [0.29, 0.717) is 6.04 Å². The van der Waals surface area contributed by atoms with Gasteiger partial charge in [0.2, 0.25) is 5.91 Å². The topological polar surface area (TPSA) is 57.7 Å². The van der Waals surface area contributed by atoms with Crippen LogP contribution in [0.15, 0.2) is 0 Å². The van der Waals surface area contributed by atoms with Crippen LogP contribution in [0, 0.1) is 0 Å². The van der Waals surface area contributed by atoms with Crippen molar-refractivity contribution in [3.05, 3.63) is 0 Å². The lowest BCUT2D eigenvalue weighted by molar-refractivity contribution is -0.130. The Bertz CT molecular complexity index is 528. The smallest absolute Gasteiger partial charge is 0.238 e. The summed E-state index contributed by atoms with van der Waals surface area (Å²) in [5.41, 5.74) is 0. The van der Waals surface area contributed by atoms with Gasteiger partial charge in [0, 0.05) is 18.6 Å². The number of sulfone groups is 1. The summed E-state index contributed by atoms with van der Waals surface area (Å²) in [6.07, 6.45) is 7.81. The van der Waals surface area contributed by atoms with Gasteiger partial charge in [-0.15, -0.1) is 0 Å². The molecule has 5 nitrogen and oxygen atoms in total. The highest BCUT2D eigenvalue weighted by molar-refractivity contribution is 7.92. The Balaban J connectivity index is 1.66. The van der Waals surface area contributed by atoms with Crippen molar-refractivity contribution in [2.45, 2.75) is 75.6 Å². The Morgan fingerprint density at radius 2 is 1.61 bits per heavy atom. The molecule has 23 heavy (non-hydrogen) atoms. The maximum atomic E-state index is 12.7. The molecule has 6 heteroatoms. The zero-order chi connectivity index (χ0) is 16.4. The summed E-state index contributed by atoms with van der Waals surface area (Å²) in [7, 11) is -3.27. The van der Waals surface area contributed by atoms with Gasteiger partial charge in [-0.2, -0.15) is 0 Å². The summed E-state index contributed by atoms with van der Waals surface area (Å²) in [6.45, 7) is 5.03. The van der Waals surface area contributed by atoms with E-state index < -0.39 is 9.84 Å². The molecule has 3 rings (SSSR count). The van der Waals surface area contributed by atoms with Crippen LogP contribution < -0.4 is 0 Å². The van der Waals surface area contributed by atoms with Gasteiger partial charge in [-0.05, 0) is 51.6 Å². The van der Waals surface area contributed by atoms with Gasteiger partial charge in [0.1, 0.15) is 5.75 Å². The summed E-state index contributed by atoms with van der Waals surface area (Å²) in [5.74, 6) is -0.421. The summed E-state index contributed by atoms with van der Waals surface area (Å²) in [6, 6.07) is 0.657. The number of hydrogen-bond acceptors (Lipinski definition) is 4. The van der Waals surface area contributed by atoms with Crippen molar-refractivity contribution >= 4 is 15.7 Å². The molecule has 2 saturated heterocycles. The molecule has 0 aromatic rings. The fraction of sp³-hybridized carbons (Fsp3) is 0.941. The van der Waals surface area contributed by atoms with Crippen LogP contribution in [0.3, 0.4) is 0 Å². The lowest BCUT2D eigenvalue weighted by Crippen LogP contribution is -2.50. The van der Waals surface area contributed by atoms with Gasteiger partial charge in [0.25, 0.3) is 0 Å². The Morgan fingerprint density at radius 3 is 2.30 bits per heavy atom. The van der Waals surface area contributed by atoms with E-state index in [2.05, 4.69) is 11.8 Å². The molecule has 2 atom stereocenters. The highest BCUT2D eigenvalue weighted by Crippen LogP contribution is 2.31. The van der Waals surface area contributed by atoms with Crippen molar-refractivity contribution in [3.63, 3.8) is 0 Å². The monoisotopic (exact) mass is 342 g/mol. The van der Waals surface area contributed by atoms with Crippen molar-refractivity contribution in [2.75, 3.05) is 25.4 Å². The summed E-state index contributed by atoms with van der Waals surface area (Å²) in [4.78, 5) is 17.1. The molecule has 3 aliphatic rings. The summed E-state index contributed by atoms with van der Waals surface area (Å²) >= 11 is 0. The second-order valence-electron chi connectivity index (χ2n) is 7.35. The number of carbonyl (C=O) groups is 1. The molecule has 2 unspecified atom stereocenters. The molecular formula is C17H30N2O3S. The van der Waals surface area contributed by atoms with E-state index in [4.69, 9.17) is 0 Å². The van der Waals surface area contributed by atoms with E-state index in [1.54, 1.807) is 0 Å². The third-order valence-corrected chi connectivity index (χ3v) is 8.16. The predicted octanol–water partition coefficient (Wildman–Crippen LogP) is 1.82. The zero-order valence-electron chi connectivity index (χ0n) is 14.2. The molecule has 132 valence electrons. The first kappa shape index (κ1) is 17.2. The summed E-state index contributed by atoms with van der Waals surface area (Å²) < 4.78 is 25.0. The molecule has 1 amide bonds. The van der Waals surface area contributed by atoms with Crippen LogP contribution in [-0.4, -0.2) is 66.8 Å². The number of likely N-dealkylation sites (N-methyl/N-ethyl adjacent to an activating group) is 1. The van der Waals surface area contributed by atoms with Crippen LogP contribution in [0.25, 0.3) is 0 Å². The van der Waals surface area contributed by atoms with E-state index in [9.17, 15) is 13.2 Å². The van der Waals surface area contributed by atoms with E-state index in [-0.39, 0.29) is 23.0 Å². The van der Waals surface area contributed by atoms with Gasteiger partial charge >= 0.3 is 0 Å². The van der Waals surface area contributed by atoms with Crippen molar-refractivity contribution < 1.29 is 13.2 Å². The molecule has 0 spiro atoms. The highest BCUT2D eigenvalue weighted by atomic mass is 32.2. The fourth-order valence-electron chi connectivity index (χ4n) is 4.80. The third kappa shape index (κ3) is 3.58. The first-order valence-electron chi connectivity index (χ1n) is 9.28. The summed E-state index contributed by atoms with van der Waals surface area (Å²) in [5, 5.41) is -0.272. The van der Waals surface area contributed by atoms with Gasteiger partial charge in [-0.3, -0.25) is 9.69 Å². The quantitative estimate of drug-likeness (QED) is 0.765. The molecule has 0 aromatic carbocycles. The molecular weight excluding hydrogens is 312 g/mol. The van der Waals surface area contributed by atoms with E-state index in [0.717, 1.165) is 64.6 Å². The predicted molar refractivity (Wildman–Crippen MR) is 91.0 cm³/mol. The van der Waals surface area contributed by atoms with E-state index in [1.807, 2.05) is 4.90 Å². The van der Waals surface area contributed by atoms with Crippen LogP contribution in [0.2, 0.25) is 0 Å². The standard InChI is InChI=1S/C17H30N2O3S/c1-2-18-11-5-9-15(18)16-10-6-12-19(16)17(20)13-23(21,22)14-7-3-4-8-14/h14-16H,2-13H2,1H3. The van der Waals surface area contributed by atoms with Crippen LogP contribution in [0.1, 0.15) is 58.3 Å². The maximum absolute atomic E-state index is 12.7. The molecule has 2 aliphatic heterocycles. The average molecular weight is 343 g/mol. The van der Waals surface area contributed by atoms with Gasteiger partial charge in [0.15, 0.2) is 9.84 Å². The molecule has 3 fully saturated rings. The van der Waals surface area contributed by atoms with Gasteiger partial charge in [-0.25, -0.2) is 8.42 Å². The first-order chi connectivity index (χ1) is 11.0. The largest absolute Gasteiger partial charge is 0.337 e. The Labute approximate surface area is 140 Å². The van der Waals surface area contributed by atoms with Crippen LogP contribution in [-0.2, 0) is 14.6 Å². The molecule has 0 aromatic heterocycles. The first-order valence-corrected chi connectivity index (χ1v) is 11.0. The number of likely N-dealkylation sites (tertiary alicyclic amines) is 2. The minimum atomic E-state index is -3.27. The van der Waals surface area contributed by atoms with Crippen molar-refractivity contribution in [1.82, 2.24) is 9.80 Å². The number of carbonyl (C=O) groups excluding carboxylic acids is 1. The number of amides is 1. The van der Waals surface area contributed by atoms with Gasteiger partial charge in [0.05, 0.1) is 5.25 Å². The molecule has 1 aliphatic carbocycles. The highest BCUT2D eigenvalue weighted by Gasteiger charge is 2.41. The second kappa shape index (κ2) is 7.09. The van der Waals surface area contributed by atoms with Crippen molar-refractivity contribution in [2.24, 2.45) is 0 Å². The molecule has 0 radical (unpaired) electrons. The minimum Gasteiger partial charge on any atom is -0.337 e. The molecule has 0 bridgehead atoms. The average Bonchev–Trinajstić information content (AvgIpc) is 3.25. The number of nitrogens with zero attached hydrogens (tertiary/aromatic N) is 2. The lowest BCUT2D eigenvalue weighted by atomic mass is 10.0. The van der Waals surface area contributed by atoms with E-state index in [1.165, 1.54) is 6.42 Å². The second-order valence-corrected chi connectivity index (χ2v) is 9.63. The minimum absolute atomic E-state index is 0.151. The Hall–Kier alpha value is -0.620. The zero-order valence-corrected chi connectivity index (χ0v) is 15.1. The maximum Gasteiger partial charge on any atom is 0.238 e. The molecule has 1 saturated carbocycles. The van der Waals surface area contributed by atoms with Crippen LogP contribution in [0.4, 0.5) is 0 Å². The molecule has 0 N–H and O–H groups in total. The SMILES string of the molecule is CCN1CCCC1C1CCCN1C(=O)CS(=O)(=O)C1CCCC1. The van der Waals surface area contributed by atoms with E-state index >= 15 is 0 Å². The Morgan fingerprint density at radius 1 is 0.957 bits per heavy atom. The lowest BCUT2D eigenvalue weighted by Gasteiger charge is -2.34. The normalized spacial score (nSPS) is 30.4. The van der Waals surface area contributed by atoms with Crippen molar-refractivity contribution in [1.29, 1.82) is 0 Å². The Kier molecular flexibility index (Phi) is 5.31. The van der Waals surface area contributed by atoms with Gasteiger partial charge < -0.3 is 4.90 Å². The number of rotatable bonds is 5.